The smallest absolute Gasteiger partial charge is 0.285 e. The summed E-state index contributed by atoms with van der Waals surface area (Å²) in [5.74, 6) is 0.545. The second kappa shape index (κ2) is 8.22. The van der Waals surface area contributed by atoms with Crippen molar-refractivity contribution in [3.8, 4) is 0 Å². The normalized spacial score (nSPS) is 10.6. The van der Waals surface area contributed by atoms with Crippen molar-refractivity contribution < 1.29 is 14.2 Å². The van der Waals surface area contributed by atoms with E-state index in [0.717, 1.165) is 6.42 Å². The Hall–Kier alpha value is -2.49. The fourth-order valence-electron chi connectivity index (χ4n) is 2.19. The van der Waals surface area contributed by atoms with Crippen LogP contribution in [0.3, 0.4) is 0 Å². The maximum absolute atomic E-state index is 12.3. The molecule has 1 heterocycles. The minimum Gasteiger partial charge on any atom is -0.351 e. The number of amides is 1. The highest BCUT2D eigenvalue weighted by Gasteiger charge is 2.12. The highest BCUT2D eigenvalue weighted by atomic mass is 16.2. The van der Waals surface area contributed by atoms with Gasteiger partial charge in [-0.25, -0.2) is 0 Å². The fraction of sp³-hybridized carbons (Fsp3) is 0.316. The van der Waals surface area contributed by atoms with Crippen LogP contribution in [0.15, 0.2) is 54.9 Å². The van der Waals surface area contributed by atoms with Crippen LogP contribution in [-0.2, 0) is 11.3 Å². The monoisotopic (exact) mass is 311 g/mol. The van der Waals surface area contributed by atoms with E-state index in [4.69, 9.17) is 0 Å². The van der Waals surface area contributed by atoms with Gasteiger partial charge in [-0.3, -0.25) is 9.59 Å². The summed E-state index contributed by atoms with van der Waals surface area (Å²) in [5.41, 5.74) is 1.28. The Balaban J connectivity index is 1.92. The van der Waals surface area contributed by atoms with Gasteiger partial charge < -0.3 is 5.32 Å². The van der Waals surface area contributed by atoms with E-state index in [1.54, 1.807) is 41.2 Å². The van der Waals surface area contributed by atoms with E-state index in [0.29, 0.717) is 23.6 Å². The van der Waals surface area contributed by atoms with Crippen molar-refractivity contribution in [2.24, 2.45) is 5.92 Å². The van der Waals surface area contributed by atoms with Crippen LogP contribution in [0.25, 0.3) is 0 Å². The van der Waals surface area contributed by atoms with E-state index >= 15 is 0 Å². The zero-order valence-corrected chi connectivity index (χ0v) is 13.7. The fourth-order valence-corrected chi connectivity index (χ4v) is 2.19. The largest absolute Gasteiger partial charge is 0.351 e. The van der Waals surface area contributed by atoms with Crippen LogP contribution in [0.1, 0.15) is 36.2 Å². The molecular formula is C19H23N2O2+. The van der Waals surface area contributed by atoms with Gasteiger partial charge >= 0.3 is 0 Å². The summed E-state index contributed by atoms with van der Waals surface area (Å²) in [6.07, 6.45) is 4.50. The number of nitrogens with one attached hydrogen (secondary N) is 1. The molecule has 0 aliphatic rings. The van der Waals surface area contributed by atoms with Crippen molar-refractivity contribution in [1.29, 1.82) is 0 Å². The third kappa shape index (κ3) is 5.33. The highest BCUT2D eigenvalue weighted by Crippen LogP contribution is 2.07. The van der Waals surface area contributed by atoms with Crippen molar-refractivity contribution in [2.75, 3.05) is 6.54 Å². The number of aromatic nitrogens is 1. The second-order valence-corrected chi connectivity index (χ2v) is 5.99. The van der Waals surface area contributed by atoms with Crippen molar-refractivity contribution in [2.45, 2.75) is 26.8 Å². The Morgan fingerprint density at radius 1 is 1.00 bits per heavy atom. The molecule has 4 nitrogen and oxygen atoms in total. The SMILES string of the molecule is CC(C)CCNC(=O)C[n+]1ccc(C(=O)c2ccccc2)cc1. The first-order valence-corrected chi connectivity index (χ1v) is 7.92. The molecule has 0 atom stereocenters. The minimum absolute atomic E-state index is 0.0147. The summed E-state index contributed by atoms with van der Waals surface area (Å²) in [5, 5.41) is 2.90. The van der Waals surface area contributed by atoms with Crippen molar-refractivity contribution in [3.63, 3.8) is 0 Å². The Labute approximate surface area is 137 Å². The summed E-state index contributed by atoms with van der Waals surface area (Å²) in [7, 11) is 0. The lowest BCUT2D eigenvalue weighted by atomic mass is 10.0. The van der Waals surface area contributed by atoms with Crippen LogP contribution < -0.4 is 9.88 Å². The molecule has 0 aliphatic heterocycles. The van der Waals surface area contributed by atoms with Crippen LogP contribution >= 0.6 is 0 Å². The molecule has 1 aromatic carbocycles. The molecule has 1 aromatic heterocycles. The molecule has 0 fully saturated rings. The molecule has 0 saturated heterocycles. The average molecular weight is 311 g/mol. The van der Waals surface area contributed by atoms with Gasteiger partial charge in [0.15, 0.2) is 18.2 Å². The topological polar surface area (TPSA) is 50.1 Å². The average Bonchev–Trinajstić information content (AvgIpc) is 2.55. The zero-order chi connectivity index (χ0) is 16.7. The molecule has 2 rings (SSSR count). The standard InChI is InChI=1S/C19H22N2O2/c1-15(2)8-11-20-18(22)14-21-12-9-17(10-13-21)19(23)16-6-4-3-5-7-16/h3-7,9-10,12-13,15H,8,11,14H2,1-2H3/p+1. The summed E-state index contributed by atoms with van der Waals surface area (Å²) in [4.78, 5) is 24.1. The van der Waals surface area contributed by atoms with E-state index in [9.17, 15) is 9.59 Å². The predicted octanol–water partition coefficient (Wildman–Crippen LogP) is 2.37. The van der Waals surface area contributed by atoms with Gasteiger partial charge in [0.25, 0.3) is 5.91 Å². The van der Waals surface area contributed by atoms with E-state index in [2.05, 4.69) is 19.2 Å². The number of hydrogen-bond donors (Lipinski definition) is 1. The number of benzene rings is 1. The number of hydrogen-bond acceptors (Lipinski definition) is 2. The molecule has 0 spiro atoms. The Morgan fingerprint density at radius 2 is 1.61 bits per heavy atom. The molecule has 0 radical (unpaired) electrons. The molecule has 2 aromatic rings. The molecule has 0 aliphatic carbocycles. The van der Waals surface area contributed by atoms with Crippen LogP contribution in [0, 0.1) is 5.92 Å². The first kappa shape index (κ1) is 16.9. The number of carbonyl (C=O) groups excluding carboxylic acids is 2. The van der Waals surface area contributed by atoms with Crippen LogP contribution in [0.2, 0.25) is 0 Å². The molecule has 1 N–H and O–H groups in total. The first-order chi connectivity index (χ1) is 11.1. The summed E-state index contributed by atoms with van der Waals surface area (Å²) in [6.45, 7) is 5.21. The molecule has 0 bridgehead atoms. The third-order valence-corrected chi connectivity index (χ3v) is 3.56. The van der Waals surface area contributed by atoms with Crippen LogP contribution in [-0.4, -0.2) is 18.2 Å². The zero-order valence-electron chi connectivity index (χ0n) is 13.7. The van der Waals surface area contributed by atoms with Gasteiger partial charge in [0.2, 0.25) is 6.54 Å². The number of rotatable bonds is 7. The number of nitrogens with zero attached hydrogens (tertiary/aromatic N) is 1. The van der Waals surface area contributed by atoms with E-state index in [1.807, 2.05) is 18.2 Å². The lowest BCUT2D eigenvalue weighted by Crippen LogP contribution is -2.42. The van der Waals surface area contributed by atoms with E-state index in [-0.39, 0.29) is 18.2 Å². The quantitative estimate of drug-likeness (QED) is 0.630. The van der Waals surface area contributed by atoms with Gasteiger partial charge in [-0.15, -0.1) is 0 Å². The second-order valence-electron chi connectivity index (χ2n) is 5.99. The van der Waals surface area contributed by atoms with Gasteiger partial charge in [0, 0.05) is 29.8 Å². The molecule has 4 heteroatoms. The molecule has 0 unspecified atom stereocenters. The summed E-state index contributed by atoms with van der Waals surface area (Å²) >= 11 is 0. The van der Waals surface area contributed by atoms with Gasteiger partial charge in [-0.1, -0.05) is 44.2 Å². The maximum Gasteiger partial charge on any atom is 0.285 e. The summed E-state index contributed by atoms with van der Waals surface area (Å²) in [6, 6.07) is 12.7. The lowest BCUT2D eigenvalue weighted by Gasteiger charge is -2.05. The Morgan fingerprint density at radius 3 is 2.22 bits per heavy atom. The van der Waals surface area contributed by atoms with Crippen LogP contribution in [0.5, 0.6) is 0 Å². The van der Waals surface area contributed by atoms with Crippen LogP contribution in [0.4, 0.5) is 0 Å². The van der Waals surface area contributed by atoms with E-state index in [1.165, 1.54) is 0 Å². The van der Waals surface area contributed by atoms with Crippen molar-refractivity contribution in [1.82, 2.24) is 5.32 Å². The molecule has 120 valence electrons. The van der Waals surface area contributed by atoms with E-state index < -0.39 is 0 Å². The molecule has 23 heavy (non-hydrogen) atoms. The molecular weight excluding hydrogens is 288 g/mol. The van der Waals surface area contributed by atoms with Crippen molar-refractivity contribution in [3.05, 3.63) is 66.0 Å². The summed E-state index contributed by atoms with van der Waals surface area (Å²) < 4.78 is 1.77. The molecule has 1 amide bonds. The minimum atomic E-state index is -0.0159. The third-order valence-electron chi connectivity index (χ3n) is 3.56. The number of ketones is 1. The van der Waals surface area contributed by atoms with Crippen molar-refractivity contribution >= 4 is 11.7 Å². The van der Waals surface area contributed by atoms with Gasteiger partial charge in [-0.05, 0) is 12.3 Å². The van der Waals surface area contributed by atoms with Gasteiger partial charge in [-0.2, -0.15) is 4.57 Å². The highest BCUT2D eigenvalue weighted by molar-refractivity contribution is 6.08. The Bertz CT molecular complexity index is 649. The van der Waals surface area contributed by atoms with Gasteiger partial charge in [0.1, 0.15) is 0 Å². The maximum atomic E-state index is 12.3. The predicted molar refractivity (Wildman–Crippen MR) is 89.0 cm³/mol. The lowest BCUT2D eigenvalue weighted by molar-refractivity contribution is -0.684. The first-order valence-electron chi connectivity index (χ1n) is 7.92. The number of carbonyl (C=O) groups is 2. The Kier molecular flexibility index (Phi) is 6.03. The molecule has 0 saturated carbocycles. The number of pyridine rings is 1. The van der Waals surface area contributed by atoms with Gasteiger partial charge in [0.05, 0.1) is 0 Å².